The van der Waals surface area contributed by atoms with Gasteiger partial charge in [0.1, 0.15) is 6.29 Å². The molecular formula is C61H81BClF4N9NaO11. The van der Waals surface area contributed by atoms with Crippen LogP contribution in [0.15, 0.2) is 73.1 Å². The molecule has 6 aromatic rings. The number of fused-ring (bicyclic) bond motifs is 2. The van der Waals surface area contributed by atoms with Crippen LogP contribution in [0.3, 0.4) is 0 Å². The quantitative estimate of drug-likeness (QED) is 0.0254. The van der Waals surface area contributed by atoms with Crippen molar-refractivity contribution in [2.24, 2.45) is 0 Å². The number of aromatic nitrogens is 6. The number of ether oxygens (including phenoxy) is 2. The molecule has 3 radical (unpaired) electrons. The second kappa shape index (κ2) is 36.2. The first-order valence-electron chi connectivity index (χ1n) is 29.0. The van der Waals surface area contributed by atoms with E-state index in [4.69, 9.17) is 19.7 Å². The number of alkyl halides is 4. The van der Waals surface area contributed by atoms with Crippen molar-refractivity contribution in [3.8, 4) is 22.3 Å². The first-order valence-corrected chi connectivity index (χ1v) is 29.0. The molecule has 3 saturated carbocycles. The third-order valence-corrected chi connectivity index (χ3v) is 14.9. The number of halogens is 5. The van der Waals surface area contributed by atoms with E-state index >= 15 is 0 Å². The van der Waals surface area contributed by atoms with Gasteiger partial charge in [0, 0.05) is 119 Å². The molecular weight excluding hydrogens is 1180 g/mol. The van der Waals surface area contributed by atoms with E-state index in [1.807, 2.05) is 70.5 Å². The van der Waals surface area contributed by atoms with Crippen molar-refractivity contribution in [2.75, 3.05) is 51.2 Å². The minimum Gasteiger partial charge on any atom is -0.793 e. The van der Waals surface area contributed by atoms with Gasteiger partial charge in [-0.3, -0.25) is 14.5 Å². The Morgan fingerprint density at radius 3 is 1.50 bits per heavy atom. The number of anilines is 2. The first kappa shape index (κ1) is 74.7. The van der Waals surface area contributed by atoms with Crippen molar-refractivity contribution in [2.45, 2.75) is 173 Å². The fourth-order valence-corrected chi connectivity index (χ4v) is 10.8. The SMILES string of the molecule is CC(=O)OOC(C)=O.COC[C@H](C)Nc1ncc2c(-c3cccc(C=O)c3)cc(C3CCC(O)CC3)n2n1.COC[C@H](C)Nc1ncc2c(-c3cccc(CN4CCC(F)(F)C4)c3)cc(C3CCC(O)CC3)n2n1.Cl.FC1(F)CCCC1.[B-]OC(C)=O.[Na+]. The Bertz CT molecular complexity index is 3150. The minimum atomic E-state index is -2.59. The summed E-state index contributed by atoms with van der Waals surface area (Å²) in [5, 5.41) is 36.2. The Morgan fingerprint density at radius 1 is 0.682 bits per heavy atom. The number of hydrogen-bond donors (Lipinski definition) is 4. The average Bonchev–Trinajstić information content (AvgIpc) is 1.98. The first-order chi connectivity index (χ1) is 41.0. The number of benzene rings is 2. The summed E-state index contributed by atoms with van der Waals surface area (Å²) in [6.07, 6.45) is 12.5. The van der Waals surface area contributed by atoms with Crippen molar-refractivity contribution in [1.82, 2.24) is 34.1 Å². The van der Waals surface area contributed by atoms with Gasteiger partial charge in [-0.1, -0.05) is 36.4 Å². The topological polar surface area (TPSA) is 243 Å². The van der Waals surface area contributed by atoms with Gasteiger partial charge in [-0.2, -0.15) is 0 Å². The summed E-state index contributed by atoms with van der Waals surface area (Å²) in [5.74, 6) is -4.94. The maximum absolute atomic E-state index is 13.7. The van der Waals surface area contributed by atoms with Crippen LogP contribution in [0.4, 0.5) is 29.5 Å². The molecule has 1 saturated heterocycles. The molecule has 0 bridgehead atoms. The Kier molecular flexibility index (Phi) is 30.7. The molecule has 3 aliphatic carbocycles. The number of aldehydes is 1. The second-order valence-corrected chi connectivity index (χ2v) is 22.3. The smallest absolute Gasteiger partial charge is 0.793 e. The molecule has 0 spiro atoms. The van der Waals surface area contributed by atoms with E-state index in [2.05, 4.69) is 67.3 Å². The summed E-state index contributed by atoms with van der Waals surface area (Å²) in [6, 6.07) is 20.2. The monoisotopic (exact) mass is 1260 g/mol. The van der Waals surface area contributed by atoms with Gasteiger partial charge in [0.05, 0.1) is 55.4 Å². The number of nitrogens with one attached hydrogen (secondary N) is 2. The van der Waals surface area contributed by atoms with Gasteiger partial charge in [-0.05, 0) is 119 Å². The molecule has 0 amide bonds. The van der Waals surface area contributed by atoms with Gasteiger partial charge in [-0.25, -0.2) is 55.9 Å². The zero-order valence-electron chi connectivity index (χ0n) is 51.4. The Labute approximate surface area is 540 Å². The molecule has 475 valence electrons. The molecule has 4 aromatic heterocycles. The van der Waals surface area contributed by atoms with Crippen molar-refractivity contribution in [3.05, 3.63) is 95.6 Å². The minimum absolute atomic E-state index is 0. The van der Waals surface area contributed by atoms with Crippen LogP contribution in [-0.2, 0) is 44.8 Å². The second-order valence-electron chi connectivity index (χ2n) is 22.3. The van der Waals surface area contributed by atoms with Crippen LogP contribution in [0.1, 0.15) is 157 Å². The number of nitrogens with zero attached hydrogens (tertiary/aromatic N) is 7. The molecule has 2 aromatic carbocycles. The number of aliphatic hydroxyl groups excluding tert-OH is 2. The third kappa shape index (κ3) is 23.2. The van der Waals surface area contributed by atoms with Gasteiger partial charge in [0.15, 0.2) is 0 Å². The van der Waals surface area contributed by atoms with Gasteiger partial charge < -0.3 is 43.0 Å². The van der Waals surface area contributed by atoms with Gasteiger partial charge in [-0.15, -0.1) is 22.6 Å². The largest absolute Gasteiger partial charge is 1.00 e. The third-order valence-electron chi connectivity index (χ3n) is 14.9. The molecule has 5 heterocycles. The van der Waals surface area contributed by atoms with Crippen LogP contribution >= 0.6 is 12.4 Å². The summed E-state index contributed by atoms with van der Waals surface area (Å²) in [4.78, 5) is 59.0. The normalized spacial score (nSPS) is 19.8. The van der Waals surface area contributed by atoms with Gasteiger partial charge >= 0.3 is 41.5 Å². The zero-order chi connectivity index (χ0) is 62.6. The molecule has 4 aliphatic rings. The van der Waals surface area contributed by atoms with E-state index in [9.17, 15) is 47.0 Å². The van der Waals surface area contributed by atoms with E-state index < -0.39 is 29.8 Å². The van der Waals surface area contributed by atoms with Crippen LogP contribution in [0.25, 0.3) is 33.3 Å². The number of rotatable bonds is 15. The van der Waals surface area contributed by atoms with Crippen LogP contribution in [0, 0.1) is 0 Å². The Hall–Kier alpha value is -5.77. The molecule has 10 rings (SSSR count). The van der Waals surface area contributed by atoms with E-state index in [0.29, 0.717) is 68.4 Å². The van der Waals surface area contributed by atoms with Crippen LogP contribution in [0.2, 0.25) is 0 Å². The number of likely N-dealkylation sites (tertiary alicyclic amines) is 1. The number of carbonyl (C=O) groups is 4. The van der Waals surface area contributed by atoms with Gasteiger partial charge in [0.2, 0.25) is 23.8 Å². The number of methoxy groups -OCH3 is 2. The number of hydrogen-bond acceptors (Lipinski definition) is 18. The fraction of sp³-hybridized carbons (Fsp3) is 0.541. The van der Waals surface area contributed by atoms with E-state index in [1.165, 1.54) is 6.92 Å². The summed E-state index contributed by atoms with van der Waals surface area (Å²) < 4.78 is 69.3. The van der Waals surface area contributed by atoms with Crippen molar-refractivity contribution in [1.29, 1.82) is 0 Å². The van der Waals surface area contributed by atoms with Crippen LogP contribution < -0.4 is 40.2 Å². The van der Waals surface area contributed by atoms with Crippen LogP contribution in [-0.4, -0.2) is 153 Å². The standard InChI is InChI=1S/C27H35F2N5O2.C23H28N4O3.C5H8F2.C4H6O4.C2H3BO2.ClH.Na/c1-18(16-36-2)31-26-30-14-25-23(13-24(34(25)32-26)20-6-8-22(35)9-7-20)21-5-3-4-19(12-21)15-33-11-10-27(28,29)17-33;1-15(14-30-2)25-23-24-12-22-20(18-5-3-4-16(10-18)13-28)11-21(27(22)26-23)17-6-8-19(29)9-7-17;6-5(7)3-1-2-4-5;1-3(5)7-8-4(2)6;1-2(4)5-3;;/h3-5,12-14,18,20,22,35H,6-11,15-17H2,1-2H3,(H,31,32);3-5,10-13,15,17,19,29H,6-9,14H2,1-2H3,(H,25,26);1-4H2;1-2H3;1H3;1H;/q;;;;-1;;+1/t18-,20?,22?;15-,17?,19?;;;;;/m00...../s1. The molecule has 1 aliphatic heterocycles. The molecule has 27 heteroatoms. The predicted octanol–water partition coefficient (Wildman–Crippen LogP) is 7.66. The van der Waals surface area contributed by atoms with E-state index in [0.717, 1.165) is 122 Å². The number of aliphatic hydroxyl groups is 2. The molecule has 20 nitrogen and oxygen atoms in total. The van der Waals surface area contributed by atoms with Crippen LogP contribution in [0.5, 0.6) is 0 Å². The molecule has 2 atom stereocenters. The summed E-state index contributed by atoms with van der Waals surface area (Å²) in [6.45, 7) is 9.39. The van der Waals surface area contributed by atoms with Crippen molar-refractivity contribution < 1.29 is 100 Å². The van der Waals surface area contributed by atoms with E-state index in [-0.39, 0.29) is 92.1 Å². The Morgan fingerprint density at radius 2 is 1.12 bits per heavy atom. The molecule has 4 N–H and O–H groups in total. The summed E-state index contributed by atoms with van der Waals surface area (Å²) in [7, 11) is 7.66. The molecule has 88 heavy (non-hydrogen) atoms. The Balaban J connectivity index is 0.000000284. The maximum atomic E-state index is 13.7. The van der Waals surface area contributed by atoms with Crippen molar-refractivity contribution in [3.63, 3.8) is 0 Å². The molecule has 4 fully saturated rings. The summed E-state index contributed by atoms with van der Waals surface area (Å²) >= 11 is 0. The van der Waals surface area contributed by atoms with E-state index in [1.54, 1.807) is 20.3 Å². The summed E-state index contributed by atoms with van der Waals surface area (Å²) in [5.41, 5.74) is 9.73. The number of carbonyl (C=O) groups excluding carboxylic acids is 4. The molecule has 0 unspecified atom stereocenters. The predicted molar refractivity (Wildman–Crippen MR) is 323 cm³/mol. The average molecular weight is 1260 g/mol. The maximum Gasteiger partial charge on any atom is 1.00 e. The fourth-order valence-electron chi connectivity index (χ4n) is 10.8. The van der Waals surface area contributed by atoms with Gasteiger partial charge in [0.25, 0.3) is 5.92 Å². The zero-order valence-corrected chi connectivity index (χ0v) is 54.2. The van der Waals surface area contributed by atoms with Crippen molar-refractivity contribution >= 4 is 67.6 Å².